The molecule has 0 aromatic carbocycles. The van der Waals surface area contributed by atoms with Crippen molar-refractivity contribution >= 4 is 5.69 Å². The highest BCUT2D eigenvalue weighted by Crippen LogP contribution is 2.46. The average molecular weight is 178 g/mol. The summed E-state index contributed by atoms with van der Waals surface area (Å²) < 4.78 is 12.8. The van der Waals surface area contributed by atoms with Gasteiger partial charge in [0, 0.05) is 31.0 Å². The fraction of sp³-hybridized carbons (Fsp3) is 0.500. The van der Waals surface area contributed by atoms with Crippen LogP contribution in [-0.2, 0) is 0 Å². The molecule has 1 saturated heterocycles. The highest BCUT2D eigenvalue weighted by Gasteiger charge is 2.45. The predicted molar refractivity (Wildman–Crippen MR) is 48.0 cm³/mol. The molecule has 0 N–H and O–H groups in total. The summed E-state index contributed by atoms with van der Waals surface area (Å²) in [4.78, 5) is 5.80. The van der Waals surface area contributed by atoms with E-state index in [1.54, 1.807) is 0 Å². The monoisotopic (exact) mass is 178 g/mol. The molecule has 1 saturated carbocycles. The van der Waals surface area contributed by atoms with Crippen molar-refractivity contribution < 1.29 is 4.39 Å². The van der Waals surface area contributed by atoms with Crippen LogP contribution in [0.2, 0.25) is 0 Å². The fourth-order valence-corrected chi connectivity index (χ4v) is 2.20. The summed E-state index contributed by atoms with van der Waals surface area (Å²) in [6.07, 6.45) is 2.92. The van der Waals surface area contributed by atoms with Crippen molar-refractivity contribution in [2.24, 2.45) is 11.8 Å². The second kappa shape index (κ2) is 2.44. The molecule has 3 heteroatoms. The summed E-state index contributed by atoms with van der Waals surface area (Å²) in [5, 5.41) is 0. The van der Waals surface area contributed by atoms with E-state index >= 15 is 0 Å². The van der Waals surface area contributed by atoms with E-state index in [0.717, 1.165) is 30.6 Å². The van der Waals surface area contributed by atoms with E-state index in [0.29, 0.717) is 0 Å². The van der Waals surface area contributed by atoms with Crippen LogP contribution < -0.4 is 4.90 Å². The number of nitrogens with zero attached hydrogens (tertiary/aromatic N) is 2. The van der Waals surface area contributed by atoms with Crippen molar-refractivity contribution in [2.45, 2.75) is 6.42 Å². The van der Waals surface area contributed by atoms with Crippen LogP contribution in [-0.4, -0.2) is 18.1 Å². The SMILES string of the molecule is Fc1cc(N2C[C@H]3C[C@H]3C2)ccn1. The smallest absolute Gasteiger partial charge is 0.214 e. The molecule has 2 heterocycles. The Bertz CT molecular complexity index is 329. The third-order valence-electron chi connectivity index (χ3n) is 3.05. The van der Waals surface area contributed by atoms with Crippen LogP contribution in [0.3, 0.4) is 0 Å². The number of aromatic nitrogens is 1. The molecule has 2 atom stereocenters. The zero-order valence-corrected chi connectivity index (χ0v) is 7.28. The van der Waals surface area contributed by atoms with E-state index in [4.69, 9.17) is 0 Å². The average Bonchev–Trinajstić information content (AvgIpc) is 2.74. The van der Waals surface area contributed by atoms with Crippen LogP contribution in [0.25, 0.3) is 0 Å². The minimum atomic E-state index is -0.377. The Morgan fingerprint density at radius 2 is 2.15 bits per heavy atom. The summed E-state index contributed by atoms with van der Waals surface area (Å²) in [6.45, 7) is 2.21. The Morgan fingerprint density at radius 1 is 1.38 bits per heavy atom. The van der Waals surface area contributed by atoms with E-state index < -0.39 is 0 Å². The largest absolute Gasteiger partial charge is 0.371 e. The molecule has 0 amide bonds. The number of hydrogen-bond acceptors (Lipinski definition) is 2. The Balaban J connectivity index is 1.84. The zero-order valence-electron chi connectivity index (χ0n) is 7.28. The highest BCUT2D eigenvalue weighted by atomic mass is 19.1. The van der Waals surface area contributed by atoms with Gasteiger partial charge in [-0.1, -0.05) is 0 Å². The molecule has 0 unspecified atom stereocenters. The summed E-state index contributed by atoms with van der Waals surface area (Å²) >= 11 is 0. The number of pyridine rings is 1. The summed E-state index contributed by atoms with van der Waals surface area (Å²) in [5.41, 5.74) is 0.986. The van der Waals surface area contributed by atoms with Gasteiger partial charge in [0.05, 0.1) is 0 Å². The molecule has 1 aromatic rings. The Morgan fingerprint density at radius 3 is 2.85 bits per heavy atom. The van der Waals surface area contributed by atoms with Gasteiger partial charge in [0.25, 0.3) is 0 Å². The van der Waals surface area contributed by atoms with E-state index in [1.165, 1.54) is 18.7 Å². The number of fused-ring (bicyclic) bond motifs is 1. The summed E-state index contributed by atoms with van der Waals surface area (Å²) in [5.74, 6) is 1.39. The second-order valence-electron chi connectivity index (χ2n) is 4.00. The molecule has 68 valence electrons. The van der Waals surface area contributed by atoms with Gasteiger partial charge in [0.15, 0.2) is 0 Å². The van der Waals surface area contributed by atoms with Crippen LogP contribution in [0.15, 0.2) is 18.3 Å². The first-order valence-electron chi connectivity index (χ1n) is 4.69. The van der Waals surface area contributed by atoms with Crippen molar-refractivity contribution in [1.29, 1.82) is 0 Å². The number of halogens is 1. The van der Waals surface area contributed by atoms with Crippen molar-refractivity contribution in [1.82, 2.24) is 4.98 Å². The van der Waals surface area contributed by atoms with Gasteiger partial charge in [-0.3, -0.25) is 0 Å². The lowest BCUT2D eigenvalue weighted by Gasteiger charge is -2.19. The maximum atomic E-state index is 12.8. The molecular weight excluding hydrogens is 167 g/mol. The van der Waals surface area contributed by atoms with Gasteiger partial charge in [-0.2, -0.15) is 4.39 Å². The van der Waals surface area contributed by atoms with Crippen LogP contribution in [0.1, 0.15) is 6.42 Å². The quantitative estimate of drug-likeness (QED) is 0.608. The second-order valence-corrected chi connectivity index (χ2v) is 4.00. The molecule has 0 radical (unpaired) electrons. The van der Waals surface area contributed by atoms with Crippen LogP contribution in [0, 0.1) is 17.8 Å². The summed E-state index contributed by atoms with van der Waals surface area (Å²) in [7, 11) is 0. The molecule has 2 fully saturated rings. The molecule has 2 nitrogen and oxygen atoms in total. The van der Waals surface area contributed by atoms with Gasteiger partial charge >= 0.3 is 0 Å². The topological polar surface area (TPSA) is 16.1 Å². The number of piperidine rings is 1. The lowest BCUT2D eigenvalue weighted by Crippen LogP contribution is -2.21. The fourth-order valence-electron chi connectivity index (χ4n) is 2.20. The maximum Gasteiger partial charge on any atom is 0.214 e. The molecule has 1 aliphatic heterocycles. The zero-order chi connectivity index (χ0) is 8.84. The molecule has 3 rings (SSSR count). The lowest BCUT2D eigenvalue weighted by atomic mass is 10.3. The standard InChI is InChI=1S/C10H11FN2/c11-10-4-9(1-2-12-10)13-5-7-3-8(7)6-13/h1-2,4,7-8H,3,5-6H2/t7-,8+. The van der Waals surface area contributed by atoms with Crippen LogP contribution >= 0.6 is 0 Å². The Hall–Kier alpha value is -1.12. The molecule has 0 bridgehead atoms. The molecule has 13 heavy (non-hydrogen) atoms. The van der Waals surface area contributed by atoms with Gasteiger partial charge in [0.2, 0.25) is 5.95 Å². The molecule has 1 aromatic heterocycles. The first kappa shape index (κ1) is 7.30. The normalized spacial score (nSPS) is 30.4. The Labute approximate surface area is 76.4 Å². The first-order valence-corrected chi connectivity index (χ1v) is 4.69. The van der Waals surface area contributed by atoms with Crippen molar-refractivity contribution in [3.8, 4) is 0 Å². The third kappa shape index (κ3) is 1.19. The number of anilines is 1. The molecule has 1 aliphatic carbocycles. The highest BCUT2D eigenvalue weighted by molar-refractivity contribution is 5.47. The molecule has 0 spiro atoms. The van der Waals surface area contributed by atoms with E-state index in [9.17, 15) is 4.39 Å². The van der Waals surface area contributed by atoms with Crippen LogP contribution in [0.4, 0.5) is 10.1 Å². The van der Waals surface area contributed by atoms with Crippen molar-refractivity contribution in [2.75, 3.05) is 18.0 Å². The van der Waals surface area contributed by atoms with Gasteiger partial charge in [-0.25, -0.2) is 4.98 Å². The predicted octanol–water partition coefficient (Wildman–Crippen LogP) is 1.68. The van der Waals surface area contributed by atoms with E-state index in [-0.39, 0.29) is 5.95 Å². The summed E-state index contributed by atoms with van der Waals surface area (Å²) in [6, 6.07) is 3.40. The van der Waals surface area contributed by atoms with Gasteiger partial charge in [-0.15, -0.1) is 0 Å². The van der Waals surface area contributed by atoms with E-state index in [1.807, 2.05) is 6.07 Å². The van der Waals surface area contributed by atoms with E-state index in [2.05, 4.69) is 9.88 Å². The van der Waals surface area contributed by atoms with Gasteiger partial charge in [-0.05, 0) is 24.3 Å². The number of hydrogen-bond donors (Lipinski definition) is 0. The minimum Gasteiger partial charge on any atom is -0.371 e. The first-order chi connectivity index (χ1) is 6.33. The van der Waals surface area contributed by atoms with Crippen LogP contribution in [0.5, 0.6) is 0 Å². The number of rotatable bonds is 1. The molecule has 2 aliphatic rings. The van der Waals surface area contributed by atoms with Gasteiger partial charge < -0.3 is 4.90 Å². The lowest BCUT2D eigenvalue weighted by molar-refractivity contribution is 0.583. The Kier molecular flexibility index (Phi) is 1.37. The maximum absolute atomic E-state index is 12.8. The van der Waals surface area contributed by atoms with Crippen molar-refractivity contribution in [3.63, 3.8) is 0 Å². The molecular formula is C10H11FN2. The van der Waals surface area contributed by atoms with Crippen molar-refractivity contribution in [3.05, 3.63) is 24.3 Å². The third-order valence-corrected chi connectivity index (χ3v) is 3.05. The minimum absolute atomic E-state index is 0.377. The van der Waals surface area contributed by atoms with Gasteiger partial charge in [0.1, 0.15) is 0 Å².